The Labute approximate surface area is 190 Å². The second-order valence-corrected chi connectivity index (χ2v) is 8.24. The maximum atomic E-state index is 14.4. The number of carbonyl (C=O) groups is 1. The number of alkyl halides is 3. The molecule has 3 aliphatic rings. The van der Waals surface area contributed by atoms with Gasteiger partial charge in [0, 0.05) is 23.2 Å². The molecule has 4 rings (SSSR count). The van der Waals surface area contributed by atoms with Gasteiger partial charge in [0.1, 0.15) is 5.84 Å². The number of nitrogens with zero attached hydrogens (tertiary/aromatic N) is 2. The fraction of sp³-hybridized carbons (Fsp3) is 0.280. The number of benzene rings is 1. The lowest BCUT2D eigenvalue weighted by molar-refractivity contribution is -0.133. The number of hydrogen-bond acceptors (Lipinski definition) is 4. The Hall–Kier alpha value is -3.55. The quantitative estimate of drug-likeness (QED) is 0.556. The molecule has 0 unspecified atom stereocenters. The first-order chi connectivity index (χ1) is 15.6. The summed E-state index contributed by atoms with van der Waals surface area (Å²) < 4.78 is 43.1. The van der Waals surface area contributed by atoms with E-state index in [0.29, 0.717) is 17.0 Å². The number of fused-ring (bicyclic) bond motifs is 1. The molecule has 172 valence electrons. The molecule has 33 heavy (non-hydrogen) atoms. The van der Waals surface area contributed by atoms with Crippen LogP contribution in [0.1, 0.15) is 43.0 Å². The molecule has 1 atom stereocenters. The Morgan fingerprint density at radius 3 is 2.67 bits per heavy atom. The predicted molar refractivity (Wildman–Crippen MR) is 122 cm³/mol. The highest BCUT2D eigenvalue weighted by molar-refractivity contribution is 6.05. The molecule has 1 aromatic rings. The summed E-state index contributed by atoms with van der Waals surface area (Å²) in [6.07, 6.45) is 6.12. The zero-order valence-corrected chi connectivity index (χ0v) is 18.1. The number of anilines is 1. The van der Waals surface area contributed by atoms with Crippen molar-refractivity contribution in [3.63, 3.8) is 0 Å². The van der Waals surface area contributed by atoms with E-state index < -0.39 is 18.2 Å². The van der Waals surface area contributed by atoms with Crippen molar-refractivity contribution in [2.45, 2.75) is 44.8 Å². The van der Waals surface area contributed by atoms with Crippen LogP contribution in [0.3, 0.4) is 0 Å². The summed E-state index contributed by atoms with van der Waals surface area (Å²) in [6.45, 7) is 5.75. The number of allylic oxidation sites excluding steroid dienone is 5. The van der Waals surface area contributed by atoms with Crippen LogP contribution in [0.15, 0.2) is 88.4 Å². The monoisotopic (exact) mass is 455 g/mol. The maximum absolute atomic E-state index is 14.4. The second kappa shape index (κ2) is 8.77. The Bertz CT molecular complexity index is 1160. The lowest BCUT2D eigenvalue weighted by Crippen LogP contribution is -2.45. The lowest BCUT2D eigenvalue weighted by atomic mass is 9.93. The number of aromatic carboxylic acids is 1. The van der Waals surface area contributed by atoms with Crippen LogP contribution < -0.4 is 5.32 Å². The number of amidine groups is 1. The van der Waals surface area contributed by atoms with E-state index in [4.69, 9.17) is 0 Å². The first-order valence-corrected chi connectivity index (χ1v) is 10.7. The van der Waals surface area contributed by atoms with Gasteiger partial charge >= 0.3 is 12.1 Å². The highest BCUT2D eigenvalue weighted by Gasteiger charge is 2.46. The average Bonchev–Trinajstić information content (AvgIpc) is 2.77. The molecule has 1 aromatic carbocycles. The summed E-state index contributed by atoms with van der Waals surface area (Å²) in [6, 6.07) is 3.38. The van der Waals surface area contributed by atoms with E-state index in [1.807, 2.05) is 0 Å². The predicted octanol–water partition coefficient (Wildman–Crippen LogP) is 6.18. The molecule has 2 aliphatic heterocycles. The Morgan fingerprint density at radius 1 is 1.24 bits per heavy atom. The lowest BCUT2D eigenvalue weighted by Gasteiger charge is -2.36. The summed E-state index contributed by atoms with van der Waals surface area (Å²) in [5.74, 6) is -1.18. The molecule has 0 radical (unpaired) electrons. The Balaban J connectivity index is 1.79. The van der Waals surface area contributed by atoms with E-state index in [2.05, 4.69) is 23.0 Å². The molecule has 0 saturated carbocycles. The summed E-state index contributed by atoms with van der Waals surface area (Å²) in [4.78, 5) is 17.8. The van der Waals surface area contributed by atoms with Gasteiger partial charge in [0.15, 0.2) is 6.04 Å². The fourth-order valence-electron chi connectivity index (χ4n) is 4.20. The van der Waals surface area contributed by atoms with Gasteiger partial charge in [-0.1, -0.05) is 24.8 Å². The van der Waals surface area contributed by atoms with Crippen molar-refractivity contribution >= 4 is 17.5 Å². The van der Waals surface area contributed by atoms with Gasteiger partial charge < -0.3 is 15.3 Å². The first-order valence-electron chi connectivity index (χ1n) is 10.7. The number of rotatable bonds is 5. The molecule has 0 amide bonds. The Kier molecular flexibility index (Phi) is 6.01. The third kappa shape index (κ3) is 4.65. The van der Waals surface area contributed by atoms with Crippen LogP contribution in [-0.2, 0) is 0 Å². The van der Waals surface area contributed by atoms with Crippen molar-refractivity contribution in [2.75, 3.05) is 5.32 Å². The molecule has 0 spiro atoms. The van der Waals surface area contributed by atoms with Gasteiger partial charge in [0.05, 0.1) is 11.3 Å². The smallest absolute Gasteiger partial charge is 0.412 e. The number of carboxylic acid groups (broad SMARTS) is 1. The van der Waals surface area contributed by atoms with Crippen LogP contribution in [-0.4, -0.2) is 34.0 Å². The van der Waals surface area contributed by atoms with Crippen molar-refractivity contribution in [3.05, 3.63) is 88.9 Å². The van der Waals surface area contributed by atoms with E-state index >= 15 is 0 Å². The van der Waals surface area contributed by atoms with Crippen LogP contribution in [0.25, 0.3) is 0 Å². The molecule has 2 heterocycles. The van der Waals surface area contributed by atoms with Gasteiger partial charge in [-0.3, -0.25) is 0 Å². The van der Waals surface area contributed by atoms with Crippen LogP contribution in [0.2, 0.25) is 0 Å². The van der Waals surface area contributed by atoms with Crippen LogP contribution in [0.4, 0.5) is 18.9 Å². The first kappa shape index (κ1) is 22.6. The molecule has 8 heteroatoms. The van der Waals surface area contributed by atoms with Crippen molar-refractivity contribution in [1.82, 2.24) is 4.90 Å². The number of halogens is 3. The zero-order chi connectivity index (χ0) is 23.8. The van der Waals surface area contributed by atoms with Gasteiger partial charge in [0.2, 0.25) is 0 Å². The Morgan fingerprint density at radius 2 is 2.00 bits per heavy atom. The SMILES string of the molecule is C=C1C=C(C2=CCCCC2)N=C2C([C@H](Nc3ccccc3C(=O)O)C(F)(F)F)=CC(C)=CN12. The molecule has 0 aromatic heterocycles. The topological polar surface area (TPSA) is 64.9 Å². The van der Waals surface area contributed by atoms with Crippen molar-refractivity contribution in [3.8, 4) is 0 Å². The molecule has 0 saturated heterocycles. The molecule has 2 N–H and O–H groups in total. The highest BCUT2D eigenvalue weighted by Crippen LogP contribution is 2.37. The van der Waals surface area contributed by atoms with E-state index in [1.165, 1.54) is 30.3 Å². The average molecular weight is 455 g/mol. The number of aliphatic imine (C=N–C) groups is 1. The van der Waals surface area contributed by atoms with E-state index in [0.717, 1.165) is 31.3 Å². The molecule has 0 bridgehead atoms. The molecular weight excluding hydrogens is 431 g/mol. The number of hydrogen-bond donors (Lipinski definition) is 2. The summed E-state index contributed by atoms with van der Waals surface area (Å²) in [5, 5.41) is 11.9. The normalized spacial score (nSPS) is 19.5. The van der Waals surface area contributed by atoms with Crippen LogP contribution >= 0.6 is 0 Å². The van der Waals surface area contributed by atoms with Gasteiger partial charge in [0.25, 0.3) is 0 Å². The number of nitrogens with one attached hydrogen (secondary N) is 1. The highest BCUT2D eigenvalue weighted by atomic mass is 19.4. The summed E-state index contributed by atoms with van der Waals surface area (Å²) in [5.41, 5.74) is 2.30. The summed E-state index contributed by atoms with van der Waals surface area (Å²) in [7, 11) is 0. The minimum atomic E-state index is -4.71. The second-order valence-electron chi connectivity index (χ2n) is 8.24. The third-order valence-electron chi connectivity index (χ3n) is 5.76. The minimum absolute atomic E-state index is 0.0918. The minimum Gasteiger partial charge on any atom is -0.478 e. The number of carboxylic acids is 1. The van der Waals surface area contributed by atoms with Gasteiger partial charge in [-0.15, -0.1) is 0 Å². The van der Waals surface area contributed by atoms with Gasteiger partial charge in [-0.2, -0.15) is 13.2 Å². The van der Waals surface area contributed by atoms with E-state index in [9.17, 15) is 23.1 Å². The maximum Gasteiger partial charge on any atom is 0.412 e. The zero-order valence-electron chi connectivity index (χ0n) is 18.1. The van der Waals surface area contributed by atoms with Crippen molar-refractivity contribution in [1.29, 1.82) is 0 Å². The third-order valence-corrected chi connectivity index (χ3v) is 5.76. The molecular formula is C25H24F3N3O2. The summed E-state index contributed by atoms with van der Waals surface area (Å²) >= 11 is 0. The number of para-hydroxylation sites is 1. The standard InChI is InChI=1S/C25H24F3N3O2/c1-15-12-19(22(25(26,27)28)29-20-11-7-6-10-18(20)24(32)33)23-30-21(13-16(2)31(23)14-15)17-8-4-3-5-9-17/h6-8,10-14,22,29H,2-5,9H2,1H3,(H,32,33)/t22-/m0/s1. The van der Waals surface area contributed by atoms with Gasteiger partial charge in [-0.25, -0.2) is 9.79 Å². The van der Waals surface area contributed by atoms with Crippen molar-refractivity contribution in [2.24, 2.45) is 4.99 Å². The van der Waals surface area contributed by atoms with Crippen LogP contribution in [0.5, 0.6) is 0 Å². The fourth-order valence-corrected chi connectivity index (χ4v) is 4.20. The van der Waals surface area contributed by atoms with Crippen LogP contribution in [0, 0.1) is 0 Å². The van der Waals surface area contributed by atoms with E-state index in [1.54, 1.807) is 24.1 Å². The largest absolute Gasteiger partial charge is 0.478 e. The molecule has 1 aliphatic carbocycles. The van der Waals surface area contributed by atoms with E-state index in [-0.39, 0.29) is 22.7 Å². The van der Waals surface area contributed by atoms with Gasteiger partial charge in [-0.05, 0) is 68.0 Å². The molecule has 5 nitrogen and oxygen atoms in total. The van der Waals surface area contributed by atoms with Crippen molar-refractivity contribution < 1.29 is 23.1 Å². The molecule has 0 fully saturated rings.